The molecular formula is C24H29ClN4O8S. The maximum atomic E-state index is 13.3. The number of aliphatic hydroxyl groups is 2. The van der Waals surface area contributed by atoms with Crippen LogP contribution in [0.5, 0.6) is 0 Å². The van der Waals surface area contributed by atoms with Crippen LogP contribution in [-0.2, 0) is 19.6 Å². The summed E-state index contributed by atoms with van der Waals surface area (Å²) in [6.07, 6.45) is 0.613. The van der Waals surface area contributed by atoms with Gasteiger partial charge in [0.15, 0.2) is 17.9 Å². The van der Waals surface area contributed by atoms with Crippen molar-refractivity contribution in [2.45, 2.75) is 42.9 Å². The van der Waals surface area contributed by atoms with Gasteiger partial charge in [0.1, 0.15) is 0 Å². The lowest BCUT2D eigenvalue weighted by molar-refractivity contribution is -0.165. The Balaban J connectivity index is 0.000000342. The van der Waals surface area contributed by atoms with Crippen molar-refractivity contribution in [1.29, 1.82) is 0 Å². The average molecular weight is 569 g/mol. The van der Waals surface area contributed by atoms with Gasteiger partial charge in [-0.2, -0.15) is 0 Å². The third-order valence-electron chi connectivity index (χ3n) is 6.06. The smallest absolute Gasteiger partial charge is 0.335 e. The van der Waals surface area contributed by atoms with Crippen molar-refractivity contribution in [3.8, 4) is 0 Å². The fourth-order valence-corrected chi connectivity index (χ4v) is 5.49. The number of hydrogen-bond donors (Lipinski definition) is 5. The topological polar surface area (TPSA) is 182 Å². The highest BCUT2D eigenvalue weighted by Gasteiger charge is 2.29. The second kappa shape index (κ2) is 12.1. The van der Waals surface area contributed by atoms with Crippen molar-refractivity contribution in [2.24, 2.45) is 0 Å². The molecule has 1 aliphatic heterocycles. The molecule has 2 aromatic heterocycles. The summed E-state index contributed by atoms with van der Waals surface area (Å²) in [6.45, 7) is 3.93. The normalized spacial score (nSPS) is 16.3. The minimum atomic E-state index is -3.77. The van der Waals surface area contributed by atoms with Gasteiger partial charge in [0, 0.05) is 29.5 Å². The number of fused-ring (bicyclic) bond motifs is 1. The highest BCUT2D eigenvalue weighted by molar-refractivity contribution is 7.90. The number of nitrogens with one attached hydrogen (secondary N) is 1. The van der Waals surface area contributed by atoms with E-state index in [0.29, 0.717) is 16.7 Å². The molecular weight excluding hydrogens is 540 g/mol. The molecule has 206 valence electrons. The molecule has 0 saturated carbocycles. The van der Waals surface area contributed by atoms with Crippen molar-refractivity contribution >= 4 is 50.3 Å². The number of likely N-dealkylation sites (tertiary alicyclic amines) is 1. The van der Waals surface area contributed by atoms with E-state index >= 15 is 0 Å². The number of pyridine rings is 1. The summed E-state index contributed by atoms with van der Waals surface area (Å²) in [5.41, 5.74) is 2.02. The summed E-state index contributed by atoms with van der Waals surface area (Å²) in [5, 5.41) is 37.2. The Morgan fingerprint density at radius 2 is 1.71 bits per heavy atom. The summed E-state index contributed by atoms with van der Waals surface area (Å²) in [4.78, 5) is 26.3. The lowest BCUT2D eigenvalue weighted by atomic mass is 10.1. The molecule has 5 N–H and O–H groups in total. The van der Waals surface area contributed by atoms with Crippen LogP contribution in [-0.4, -0.2) is 93.0 Å². The number of rotatable bonds is 7. The molecule has 0 bridgehead atoms. The van der Waals surface area contributed by atoms with Crippen molar-refractivity contribution < 1.29 is 38.4 Å². The Bertz CT molecular complexity index is 1400. The third-order valence-corrected chi connectivity index (χ3v) is 7.92. The van der Waals surface area contributed by atoms with Gasteiger partial charge in [-0.05, 0) is 69.7 Å². The number of nitrogens with zero attached hydrogens (tertiary/aromatic N) is 3. The van der Waals surface area contributed by atoms with E-state index in [1.807, 2.05) is 13.0 Å². The molecule has 1 fully saturated rings. The molecule has 3 aromatic rings. The SMILES string of the molecule is Cc1cn(S(=O)(=O)c2cccc(NC3CCN(C)CC3)c2)c2ncc(Cl)cc12.O=C(O)[C@H](O)[C@@H](O)C(=O)O. The molecule has 4 rings (SSSR count). The number of aliphatic hydroxyl groups excluding tert-OH is 2. The van der Waals surface area contributed by atoms with Crippen LogP contribution in [0.1, 0.15) is 18.4 Å². The van der Waals surface area contributed by atoms with Gasteiger partial charge in [-0.1, -0.05) is 17.7 Å². The molecule has 1 saturated heterocycles. The number of aryl methyl sites for hydroxylation is 1. The van der Waals surface area contributed by atoms with E-state index in [9.17, 15) is 18.0 Å². The summed E-state index contributed by atoms with van der Waals surface area (Å²) in [6, 6.07) is 9.09. The van der Waals surface area contributed by atoms with Crippen molar-refractivity contribution in [1.82, 2.24) is 13.9 Å². The van der Waals surface area contributed by atoms with Crippen molar-refractivity contribution in [3.63, 3.8) is 0 Å². The minimum absolute atomic E-state index is 0.235. The van der Waals surface area contributed by atoms with Gasteiger partial charge in [-0.15, -0.1) is 0 Å². The number of carboxylic acid groups (broad SMARTS) is 2. The van der Waals surface area contributed by atoms with E-state index in [4.69, 9.17) is 32.0 Å². The molecule has 1 aliphatic rings. The lowest BCUT2D eigenvalue weighted by Gasteiger charge is -2.30. The second-order valence-electron chi connectivity index (χ2n) is 8.95. The Labute approximate surface area is 224 Å². The molecule has 0 radical (unpaired) electrons. The molecule has 3 heterocycles. The van der Waals surface area contributed by atoms with Gasteiger partial charge in [0.2, 0.25) is 0 Å². The van der Waals surface area contributed by atoms with Crippen LogP contribution >= 0.6 is 11.6 Å². The molecule has 0 spiro atoms. The van der Waals surface area contributed by atoms with Crippen LogP contribution in [0.2, 0.25) is 5.02 Å². The number of halogens is 1. The molecule has 38 heavy (non-hydrogen) atoms. The number of carbonyl (C=O) groups is 2. The molecule has 2 atom stereocenters. The first-order valence-corrected chi connectivity index (χ1v) is 13.4. The van der Waals surface area contributed by atoms with Crippen LogP contribution in [0.25, 0.3) is 11.0 Å². The number of hydrogen-bond acceptors (Lipinski definition) is 9. The Hall–Kier alpha value is -3.23. The highest BCUT2D eigenvalue weighted by atomic mass is 35.5. The number of anilines is 1. The Morgan fingerprint density at radius 1 is 1.11 bits per heavy atom. The molecule has 0 amide bonds. The first-order valence-electron chi connectivity index (χ1n) is 11.6. The molecule has 0 unspecified atom stereocenters. The maximum Gasteiger partial charge on any atom is 0.335 e. The van der Waals surface area contributed by atoms with Gasteiger partial charge in [0.05, 0.1) is 9.92 Å². The Kier molecular flexibility index (Phi) is 9.33. The van der Waals surface area contributed by atoms with E-state index in [2.05, 4.69) is 22.2 Å². The van der Waals surface area contributed by atoms with Crippen LogP contribution in [0, 0.1) is 6.92 Å². The number of benzene rings is 1. The van der Waals surface area contributed by atoms with E-state index in [-0.39, 0.29) is 4.90 Å². The average Bonchev–Trinajstić information content (AvgIpc) is 3.21. The highest BCUT2D eigenvalue weighted by Crippen LogP contribution is 2.27. The number of carboxylic acids is 2. The number of piperidine rings is 1. The van der Waals surface area contributed by atoms with E-state index < -0.39 is 34.2 Å². The zero-order valence-corrected chi connectivity index (χ0v) is 22.2. The molecule has 0 aliphatic carbocycles. The number of aliphatic carboxylic acids is 2. The summed E-state index contributed by atoms with van der Waals surface area (Å²) >= 11 is 6.02. The zero-order chi connectivity index (χ0) is 28.2. The van der Waals surface area contributed by atoms with Gasteiger partial charge < -0.3 is 30.6 Å². The monoisotopic (exact) mass is 568 g/mol. The van der Waals surface area contributed by atoms with E-state index in [0.717, 1.165) is 42.6 Å². The van der Waals surface area contributed by atoms with Gasteiger partial charge in [0.25, 0.3) is 10.0 Å². The lowest BCUT2D eigenvalue weighted by Crippen LogP contribution is -2.39. The Morgan fingerprint density at radius 3 is 2.29 bits per heavy atom. The molecule has 14 heteroatoms. The fraction of sp³-hybridized carbons (Fsp3) is 0.375. The second-order valence-corrected chi connectivity index (χ2v) is 11.2. The van der Waals surface area contributed by atoms with Crippen LogP contribution in [0.15, 0.2) is 47.6 Å². The summed E-state index contributed by atoms with van der Waals surface area (Å²) in [5.74, 6) is -3.54. The summed E-state index contributed by atoms with van der Waals surface area (Å²) in [7, 11) is -1.65. The van der Waals surface area contributed by atoms with Gasteiger partial charge in [-0.3, -0.25) is 0 Å². The van der Waals surface area contributed by atoms with Crippen LogP contribution < -0.4 is 5.32 Å². The van der Waals surface area contributed by atoms with Crippen molar-refractivity contribution in [3.05, 3.63) is 53.3 Å². The number of aromatic nitrogens is 2. The molecule has 12 nitrogen and oxygen atoms in total. The predicted octanol–water partition coefficient (Wildman–Crippen LogP) is 1.62. The predicted molar refractivity (Wildman–Crippen MR) is 140 cm³/mol. The van der Waals surface area contributed by atoms with E-state index in [1.54, 1.807) is 30.5 Å². The third kappa shape index (κ3) is 6.79. The largest absolute Gasteiger partial charge is 0.479 e. The van der Waals surface area contributed by atoms with Crippen LogP contribution in [0.3, 0.4) is 0 Å². The maximum absolute atomic E-state index is 13.3. The summed E-state index contributed by atoms with van der Waals surface area (Å²) < 4.78 is 27.8. The van der Waals surface area contributed by atoms with Crippen LogP contribution in [0.4, 0.5) is 5.69 Å². The molecule has 1 aromatic carbocycles. The van der Waals surface area contributed by atoms with Gasteiger partial charge >= 0.3 is 11.9 Å². The first-order chi connectivity index (χ1) is 17.8. The van der Waals surface area contributed by atoms with E-state index in [1.165, 1.54) is 10.2 Å². The standard InChI is InChI=1S/C20H23ClN4O2S.C4H6O6/c1-14-13-25(20-19(14)10-15(21)12-22-20)28(26,27)18-5-3-4-17(11-18)23-16-6-8-24(2)9-7-16;5-1(3(7)8)2(6)4(9)10/h3-5,10-13,16,23H,6-9H2,1-2H3;1-2,5-6H,(H,7,8)(H,9,10)/t;1-,2-/m.1/s1. The minimum Gasteiger partial charge on any atom is -0.479 e. The van der Waals surface area contributed by atoms with Gasteiger partial charge in [-0.25, -0.2) is 27.0 Å². The first kappa shape index (κ1) is 29.3. The quantitative estimate of drug-likeness (QED) is 0.279. The van der Waals surface area contributed by atoms with Crippen molar-refractivity contribution in [2.75, 3.05) is 25.5 Å². The zero-order valence-electron chi connectivity index (χ0n) is 20.7. The fourth-order valence-electron chi connectivity index (χ4n) is 3.91.